The van der Waals surface area contributed by atoms with Crippen LogP contribution in [-0.2, 0) is 20.7 Å². The standard InChI is InChI=1S/C26H30O5.C16H18O4/c1-22(2)17(27)7-9-23(3)16-6-10-24(4)15(14-8-11-30-13-14)12-18-26(24,31-18)25(16,5)21(29)19(28)20(22)23;1-9(2)5-6-11-14(19-4)8-13(18)15-12(17)7-10(3)20-16(11)15/h7-9,11,13,15-16,18,28H,6,10,12H2,1-5H3;5,7-8,18H,6H2,1-4H3. The number of fused-ring (bicyclic) bond motifs is 4. The molecule has 0 amide bonds. The highest BCUT2D eigenvalue weighted by Crippen LogP contribution is 2.81. The third kappa shape index (κ3) is 4.52. The molecule has 9 nitrogen and oxygen atoms in total. The number of carbonyl (C=O) groups excluding carboxylic acids is 2. The Bertz CT molecular complexity index is 2130. The van der Waals surface area contributed by atoms with Gasteiger partial charge in [0.1, 0.15) is 33.8 Å². The van der Waals surface area contributed by atoms with Crippen molar-refractivity contribution in [3.8, 4) is 11.5 Å². The zero-order valence-electron chi connectivity index (χ0n) is 30.9. The molecule has 8 rings (SSSR count). The number of aliphatic hydroxyl groups is 1. The molecule has 3 aromatic rings. The first-order valence-corrected chi connectivity index (χ1v) is 17.8. The predicted molar refractivity (Wildman–Crippen MR) is 192 cm³/mol. The van der Waals surface area contributed by atoms with E-state index in [4.69, 9.17) is 18.3 Å². The van der Waals surface area contributed by atoms with Gasteiger partial charge in [-0.15, -0.1) is 0 Å². The van der Waals surface area contributed by atoms with Crippen molar-refractivity contribution in [1.29, 1.82) is 0 Å². The van der Waals surface area contributed by atoms with Crippen molar-refractivity contribution in [2.24, 2.45) is 27.6 Å². The van der Waals surface area contributed by atoms with Gasteiger partial charge in [-0.1, -0.05) is 31.6 Å². The summed E-state index contributed by atoms with van der Waals surface area (Å²) in [5.74, 6) is 0.592. The van der Waals surface area contributed by atoms with Gasteiger partial charge in [0.25, 0.3) is 0 Å². The number of allylic oxidation sites excluding steroid dienone is 6. The molecule has 1 saturated heterocycles. The van der Waals surface area contributed by atoms with Gasteiger partial charge in [-0.05, 0) is 102 Å². The molecule has 2 saturated carbocycles. The topological polar surface area (TPSA) is 140 Å². The van der Waals surface area contributed by atoms with Crippen LogP contribution in [0.15, 0.2) is 79.5 Å². The number of aryl methyl sites for hydroxylation is 1. The molecule has 1 aliphatic heterocycles. The molecule has 3 heterocycles. The summed E-state index contributed by atoms with van der Waals surface area (Å²) in [7, 11) is 1.53. The lowest BCUT2D eigenvalue weighted by molar-refractivity contribution is -0.162. The van der Waals surface area contributed by atoms with E-state index >= 15 is 0 Å². The van der Waals surface area contributed by atoms with Gasteiger partial charge >= 0.3 is 0 Å². The van der Waals surface area contributed by atoms with Gasteiger partial charge in [0.05, 0.1) is 36.6 Å². The number of rotatable bonds is 4. The normalized spacial score (nSPS) is 34.2. The molecule has 3 fully saturated rings. The van der Waals surface area contributed by atoms with Crippen molar-refractivity contribution < 1.29 is 38.1 Å². The van der Waals surface area contributed by atoms with Gasteiger partial charge in [0.2, 0.25) is 5.78 Å². The lowest BCUT2D eigenvalue weighted by Crippen LogP contribution is -2.66. The van der Waals surface area contributed by atoms with Crippen LogP contribution in [-0.4, -0.2) is 40.6 Å². The molecule has 0 radical (unpaired) electrons. The third-order valence-corrected chi connectivity index (χ3v) is 13.3. The zero-order valence-corrected chi connectivity index (χ0v) is 30.9. The second-order valence-electron chi connectivity index (χ2n) is 16.5. The Morgan fingerprint density at radius 3 is 2.45 bits per heavy atom. The lowest BCUT2D eigenvalue weighted by atomic mass is 9.39. The van der Waals surface area contributed by atoms with E-state index in [0.717, 1.165) is 30.4 Å². The number of epoxide rings is 1. The average Bonchev–Trinajstić information content (AvgIpc) is 3.41. The van der Waals surface area contributed by atoms with Crippen LogP contribution in [0.2, 0.25) is 0 Å². The van der Waals surface area contributed by atoms with Crippen LogP contribution >= 0.6 is 0 Å². The first-order valence-electron chi connectivity index (χ1n) is 17.8. The Balaban J connectivity index is 0.000000177. The molecule has 5 aliphatic rings. The number of furan rings is 1. The fraction of sp³-hybridized carbons (Fsp3) is 0.500. The van der Waals surface area contributed by atoms with E-state index in [9.17, 15) is 24.6 Å². The number of benzene rings is 1. The molecule has 2 aromatic heterocycles. The summed E-state index contributed by atoms with van der Waals surface area (Å²) in [6, 6.07) is 4.86. The van der Waals surface area contributed by atoms with Crippen LogP contribution in [0.4, 0.5) is 0 Å². The number of aromatic hydroxyl groups is 1. The Kier molecular flexibility index (Phi) is 7.78. The quantitative estimate of drug-likeness (QED) is 0.204. The number of phenolic OH excluding ortho intramolecular Hbond substituents is 1. The Hall–Kier alpha value is -4.37. The number of methoxy groups -OCH3 is 1. The second kappa shape index (κ2) is 11.3. The molecule has 7 unspecified atom stereocenters. The molecule has 270 valence electrons. The van der Waals surface area contributed by atoms with Crippen molar-refractivity contribution in [2.45, 2.75) is 98.7 Å². The van der Waals surface area contributed by atoms with Crippen LogP contribution < -0.4 is 10.2 Å². The summed E-state index contributed by atoms with van der Waals surface area (Å²) in [5.41, 5.74) is 0.667. The minimum atomic E-state index is -0.901. The first kappa shape index (κ1) is 35.1. The number of phenols is 1. The second-order valence-corrected chi connectivity index (χ2v) is 16.5. The van der Waals surface area contributed by atoms with Crippen LogP contribution in [0.1, 0.15) is 90.5 Å². The Morgan fingerprint density at radius 2 is 1.80 bits per heavy atom. The van der Waals surface area contributed by atoms with Crippen LogP contribution in [0.25, 0.3) is 11.0 Å². The smallest absolute Gasteiger partial charge is 0.206 e. The maximum Gasteiger partial charge on any atom is 0.206 e. The van der Waals surface area contributed by atoms with E-state index in [0.29, 0.717) is 29.1 Å². The minimum absolute atomic E-state index is 0.00527. The molecule has 2 N–H and O–H groups in total. The number of carbonyl (C=O) groups is 2. The van der Waals surface area contributed by atoms with Crippen molar-refractivity contribution in [3.63, 3.8) is 0 Å². The fourth-order valence-corrected chi connectivity index (χ4v) is 10.9. The maximum atomic E-state index is 14.0. The summed E-state index contributed by atoms with van der Waals surface area (Å²) >= 11 is 0. The molecule has 7 atom stereocenters. The van der Waals surface area contributed by atoms with Crippen LogP contribution in [0.5, 0.6) is 11.5 Å². The Morgan fingerprint density at radius 1 is 1.08 bits per heavy atom. The number of ether oxygens (including phenoxy) is 2. The van der Waals surface area contributed by atoms with Gasteiger partial charge in [-0.2, -0.15) is 0 Å². The van der Waals surface area contributed by atoms with E-state index in [2.05, 4.69) is 13.8 Å². The number of Topliss-reactive ketones (excluding diaryl/α,β-unsaturated/α-hetero) is 1. The molecule has 1 spiro atoms. The van der Waals surface area contributed by atoms with Crippen LogP contribution in [0.3, 0.4) is 0 Å². The molecule has 1 aromatic carbocycles. The maximum absolute atomic E-state index is 14.0. The summed E-state index contributed by atoms with van der Waals surface area (Å²) in [6.45, 7) is 15.7. The monoisotopic (exact) mass is 696 g/mol. The van der Waals surface area contributed by atoms with Gasteiger partial charge in [0, 0.05) is 28.5 Å². The molecule has 0 bridgehead atoms. The first-order chi connectivity index (χ1) is 23.9. The molecular weight excluding hydrogens is 648 g/mol. The highest BCUT2D eigenvalue weighted by Gasteiger charge is 2.87. The SMILES string of the molecule is CC1(C)C(=O)C=CC2(C)C1=C(O)C(=O)C1(C)C2CCC2(C)C(c3ccoc3)CC3OC321.COc1cc(O)c2c(=O)cc(C)oc2c1CC=C(C)C. The molecule has 51 heavy (non-hydrogen) atoms. The number of aliphatic hydroxyl groups excluding tert-OH is 1. The van der Waals surface area contributed by atoms with Crippen molar-refractivity contribution in [1.82, 2.24) is 0 Å². The van der Waals surface area contributed by atoms with E-state index in [-0.39, 0.29) is 57.2 Å². The van der Waals surface area contributed by atoms with Crippen LogP contribution in [0, 0.1) is 34.5 Å². The molecule has 9 heteroatoms. The van der Waals surface area contributed by atoms with Crippen molar-refractivity contribution in [2.75, 3.05) is 7.11 Å². The average molecular weight is 697 g/mol. The summed E-state index contributed by atoms with van der Waals surface area (Å²) in [5, 5.41) is 21.6. The highest BCUT2D eigenvalue weighted by molar-refractivity contribution is 6.06. The molecule has 4 aliphatic carbocycles. The number of hydrogen-bond acceptors (Lipinski definition) is 9. The van der Waals surface area contributed by atoms with Gasteiger partial charge in [-0.3, -0.25) is 14.4 Å². The number of ketones is 2. The lowest BCUT2D eigenvalue weighted by Gasteiger charge is -2.62. The van der Waals surface area contributed by atoms with E-state index in [1.54, 1.807) is 19.3 Å². The zero-order chi connectivity index (χ0) is 37.1. The summed E-state index contributed by atoms with van der Waals surface area (Å²) in [6.07, 6.45) is 12.4. The largest absolute Gasteiger partial charge is 0.507 e. The molecular formula is C42H48O9. The van der Waals surface area contributed by atoms with E-state index in [1.165, 1.54) is 24.8 Å². The van der Waals surface area contributed by atoms with Crippen molar-refractivity contribution >= 4 is 22.5 Å². The fourth-order valence-electron chi connectivity index (χ4n) is 10.9. The predicted octanol–water partition coefficient (Wildman–Crippen LogP) is 8.22. The van der Waals surface area contributed by atoms with Gasteiger partial charge in [-0.25, -0.2) is 0 Å². The van der Waals surface area contributed by atoms with Gasteiger partial charge < -0.3 is 28.5 Å². The van der Waals surface area contributed by atoms with Crippen molar-refractivity contribution in [3.05, 3.63) is 93.0 Å². The van der Waals surface area contributed by atoms with E-state index in [1.807, 2.05) is 59.1 Å². The Labute approximate surface area is 298 Å². The minimum Gasteiger partial charge on any atom is -0.507 e. The summed E-state index contributed by atoms with van der Waals surface area (Å²) < 4.78 is 22.8. The van der Waals surface area contributed by atoms with E-state index < -0.39 is 21.8 Å². The number of hydrogen-bond donors (Lipinski definition) is 2. The third-order valence-electron chi connectivity index (χ3n) is 13.3. The summed E-state index contributed by atoms with van der Waals surface area (Å²) in [4.78, 5) is 38.8. The van der Waals surface area contributed by atoms with Gasteiger partial charge in [0.15, 0.2) is 17.0 Å². The highest BCUT2D eigenvalue weighted by atomic mass is 16.6.